The highest BCUT2D eigenvalue weighted by Gasteiger charge is 2.39. The van der Waals surface area contributed by atoms with E-state index < -0.39 is 6.67 Å². The second-order valence-corrected chi connectivity index (χ2v) is 7.71. The minimum atomic E-state index is -0.457. The van der Waals surface area contributed by atoms with E-state index in [9.17, 15) is 9.18 Å². The number of likely N-dealkylation sites (tertiary alicyclic amines) is 1. The second kappa shape index (κ2) is 6.48. The Morgan fingerprint density at radius 2 is 2.11 bits per heavy atom. The molecule has 1 aliphatic heterocycles. The Kier molecular flexibility index (Phi) is 3.95. The number of hydrogen-bond donors (Lipinski definition) is 2. The van der Waals surface area contributed by atoms with Gasteiger partial charge in [0, 0.05) is 47.9 Å². The number of amides is 1. The second-order valence-electron chi connectivity index (χ2n) is 7.71. The summed E-state index contributed by atoms with van der Waals surface area (Å²) in [5.41, 5.74) is 2.00. The molecule has 2 atom stereocenters. The van der Waals surface area contributed by atoms with Crippen LogP contribution in [-0.2, 0) is 11.2 Å². The summed E-state index contributed by atoms with van der Waals surface area (Å²) in [5.74, 6) is 1.72. The van der Waals surface area contributed by atoms with Crippen LogP contribution >= 0.6 is 0 Å². The zero-order valence-electron chi connectivity index (χ0n) is 15.0. The summed E-state index contributed by atoms with van der Waals surface area (Å²) in [4.78, 5) is 22.4. The molecular formula is C20H22FN5O. The molecule has 5 rings (SSSR count). The molecule has 0 radical (unpaired) electrons. The smallest absolute Gasteiger partial charge is 0.227 e. The molecule has 1 saturated carbocycles. The SMILES string of the molecule is O=C(Cc1c[nH]c2ccccc12)N1C[C@@H](CF)[C@H](c2nc(C3CC3)n[nH]2)C1. The van der Waals surface area contributed by atoms with Crippen molar-refractivity contribution in [3.05, 3.63) is 47.7 Å². The number of aromatic amines is 2. The van der Waals surface area contributed by atoms with Crippen molar-refractivity contribution in [3.8, 4) is 0 Å². The fourth-order valence-corrected chi connectivity index (χ4v) is 4.07. The maximum Gasteiger partial charge on any atom is 0.227 e. The van der Waals surface area contributed by atoms with E-state index in [0.29, 0.717) is 25.4 Å². The highest BCUT2D eigenvalue weighted by atomic mass is 19.1. The largest absolute Gasteiger partial charge is 0.361 e. The molecule has 0 spiro atoms. The van der Waals surface area contributed by atoms with Gasteiger partial charge in [0.2, 0.25) is 5.91 Å². The number of carbonyl (C=O) groups excluding carboxylic acids is 1. The molecule has 3 aromatic rings. The Bertz CT molecular complexity index is 976. The Hall–Kier alpha value is -2.70. The van der Waals surface area contributed by atoms with E-state index in [1.807, 2.05) is 30.5 Å². The summed E-state index contributed by atoms with van der Waals surface area (Å²) >= 11 is 0. The molecule has 2 N–H and O–H groups in total. The van der Waals surface area contributed by atoms with Crippen molar-refractivity contribution in [2.75, 3.05) is 19.8 Å². The van der Waals surface area contributed by atoms with Crippen LogP contribution in [0.1, 0.15) is 41.9 Å². The van der Waals surface area contributed by atoms with Crippen molar-refractivity contribution >= 4 is 16.8 Å². The number of rotatable bonds is 5. The molecule has 0 unspecified atom stereocenters. The maximum absolute atomic E-state index is 13.6. The number of alkyl halides is 1. The number of H-pyrrole nitrogens is 2. The van der Waals surface area contributed by atoms with E-state index in [0.717, 1.165) is 41.0 Å². The van der Waals surface area contributed by atoms with Crippen LogP contribution in [0.3, 0.4) is 0 Å². The third-order valence-corrected chi connectivity index (χ3v) is 5.82. The number of aromatic nitrogens is 4. The van der Waals surface area contributed by atoms with Crippen LogP contribution in [0.2, 0.25) is 0 Å². The lowest BCUT2D eigenvalue weighted by Gasteiger charge is -2.15. The third kappa shape index (κ3) is 3.01. The number of fused-ring (bicyclic) bond motifs is 1. The molecule has 3 heterocycles. The lowest BCUT2D eigenvalue weighted by atomic mass is 9.97. The summed E-state index contributed by atoms with van der Waals surface area (Å²) in [6, 6.07) is 7.94. The zero-order chi connectivity index (χ0) is 18.4. The van der Waals surface area contributed by atoms with Gasteiger partial charge in [-0.15, -0.1) is 0 Å². The van der Waals surface area contributed by atoms with Crippen molar-refractivity contribution in [1.29, 1.82) is 0 Å². The van der Waals surface area contributed by atoms with Gasteiger partial charge in [-0.05, 0) is 24.5 Å². The van der Waals surface area contributed by atoms with E-state index in [4.69, 9.17) is 0 Å². The summed E-state index contributed by atoms with van der Waals surface area (Å²) in [7, 11) is 0. The van der Waals surface area contributed by atoms with Crippen LogP contribution in [0.4, 0.5) is 4.39 Å². The molecule has 140 valence electrons. The Labute approximate surface area is 156 Å². The fourth-order valence-electron chi connectivity index (χ4n) is 4.07. The number of benzene rings is 1. The first-order valence-electron chi connectivity index (χ1n) is 9.54. The van der Waals surface area contributed by atoms with Gasteiger partial charge in [-0.25, -0.2) is 4.98 Å². The Balaban J connectivity index is 1.32. The highest BCUT2D eigenvalue weighted by molar-refractivity contribution is 5.89. The maximum atomic E-state index is 13.6. The number of carbonyl (C=O) groups is 1. The van der Waals surface area contributed by atoms with Gasteiger partial charge in [-0.2, -0.15) is 5.10 Å². The van der Waals surface area contributed by atoms with Crippen molar-refractivity contribution < 1.29 is 9.18 Å². The average molecular weight is 367 g/mol. The molecule has 1 saturated heterocycles. The number of hydrogen-bond acceptors (Lipinski definition) is 3. The lowest BCUT2D eigenvalue weighted by Crippen LogP contribution is -2.30. The normalized spacial score (nSPS) is 22.6. The van der Waals surface area contributed by atoms with Gasteiger partial charge in [0.1, 0.15) is 5.82 Å². The summed E-state index contributed by atoms with van der Waals surface area (Å²) in [5, 5.41) is 8.34. The summed E-state index contributed by atoms with van der Waals surface area (Å²) in [6.07, 6.45) is 4.47. The molecule has 1 amide bonds. The first-order valence-corrected chi connectivity index (χ1v) is 9.54. The molecule has 2 fully saturated rings. The van der Waals surface area contributed by atoms with Gasteiger partial charge in [0.25, 0.3) is 0 Å². The van der Waals surface area contributed by atoms with Crippen molar-refractivity contribution in [2.24, 2.45) is 5.92 Å². The standard InChI is InChI=1S/C20H22FN5O/c21-8-14-10-26(11-16(14)20-23-19(24-25-20)12-5-6-12)18(27)7-13-9-22-17-4-2-1-3-15(13)17/h1-4,9,12,14,16,22H,5-8,10-11H2,(H,23,24,25)/t14-,16-/m1/s1. The van der Waals surface area contributed by atoms with E-state index in [2.05, 4.69) is 20.2 Å². The van der Waals surface area contributed by atoms with E-state index >= 15 is 0 Å². The van der Waals surface area contributed by atoms with Crippen LogP contribution in [0, 0.1) is 5.92 Å². The molecule has 7 heteroatoms. The first kappa shape index (κ1) is 16.5. The van der Waals surface area contributed by atoms with Gasteiger partial charge in [-0.3, -0.25) is 14.3 Å². The number of nitrogens with zero attached hydrogens (tertiary/aromatic N) is 3. The van der Waals surface area contributed by atoms with Gasteiger partial charge in [0.05, 0.1) is 13.1 Å². The summed E-state index contributed by atoms with van der Waals surface area (Å²) in [6.45, 7) is 0.470. The van der Waals surface area contributed by atoms with Gasteiger partial charge >= 0.3 is 0 Å². The number of para-hydroxylation sites is 1. The number of nitrogens with one attached hydrogen (secondary N) is 2. The van der Waals surface area contributed by atoms with Crippen LogP contribution in [0.5, 0.6) is 0 Å². The number of halogens is 1. The fraction of sp³-hybridized carbons (Fsp3) is 0.450. The van der Waals surface area contributed by atoms with Crippen molar-refractivity contribution in [2.45, 2.75) is 31.1 Å². The van der Waals surface area contributed by atoms with Gasteiger partial charge < -0.3 is 9.88 Å². The zero-order valence-corrected chi connectivity index (χ0v) is 15.0. The monoisotopic (exact) mass is 367 g/mol. The highest BCUT2D eigenvalue weighted by Crippen LogP contribution is 2.39. The van der Waals surface area contributed by atoms with Crippen LogP contribution in [-0.4, -0.2) is 50.7 Å². The van der Waals surface area contributed by atoms with Gasteiger partial charge in [-0.1, -0.05) is 18.2 Å². The molecule has 27 heavy (non-hydrogen) atoms. The molecule has 2 aliphatic rings. The van der Waals surface area contributed by atoms with E-state index in [1.165, 1.54) is 0 Å². The van der Waals surface area contributed by atoms with E-state index in [1.54, 1.807) is 4.90 Å². The Morgan fingerprint density at radius 3 is 2.93 bits per heavy atom. The summed E-state index contributed by atoms with van der Waals surface area (Å²) < 4.78 is 13.6. The van der Waals surface area contributed by atoms with Crippen LogP contribution in [0.15, 0.2) is 30.5 Å². The Morgan fingerprint density at radius 1 is 1.26 bits per heavy atom. The molecular weight excluding hydrogens is 345 g/mol. The van der Waals surface area contributed by atoms with Crippen LogP contribution < -0.4 is 0 Å². The molecule has 1 aromatic carbocycles. The molecule has 0 bridgehead atoms. The minimum Gasteiger partial charge on any atom is -0.361 e. The molecule has 6 nitrogen and oxygen atoms in total. The van der Waals surface area contributed by atoms with Gasteiger partial charge in [0.15, 0.2) is 5.82 Å². The minimum absolute atomic E-state index is 0.0302. The predicted octanol–water partition coefficient (Wildman–Crippen LogP) is 2.92. The van der Waals surface area contributed by atoms with Crippen molar-refractivity contribution in [1.82, 2.24) is 25.1 Å². The topological polar surface area (TPSA) is 77.7 Å². The van der Waals surface area contributed by atoms with Crippen molar-refractivity contribution in [3.63, 3.8) is 0 Å². The predicted molar refractivity (Wildman–Crippen MR) is 99.1 cm³/mol. The molecule has 1 aliphatic carbocycles. The molecule has 2 aromatic heterocycles. The average Bonchev–Trinajstić information content (AvgIpc) is 3.10. The first-order chi connectivity index (χ1) is 13.2. The van der Waals surface area contributed by atoms with Crippen LogP contribution in [0.25, 0.3) is 10.9 Å². The van der Waals surface area contributed by atoms with E-state index in [-0.39, 0.29) is 17.7 Å². The third-order valence-electron chi connectivity index (χ3n) is 5.82. The quantitative estimate of drug-likeness (QED) is 0.728. The lowest BCUT2D eigenvalue weighted by molar-refractivity contribution is -0.129.